The van der Waals surface area contributed by atoms with E-state index in [1.54, 1.807) is 22.6 Å². The van der Waals surface area contributed by atoms with Gasteiger partial charge in [-0.15, -0.1) is 0 Å². The van der Waals surface area contributed by atoms with Crippen molar-refractivity contribution in [3.8, 4) is 0 Å². The molecule has 0 heterocycles. The van der Waals surface area contributed by atoms with Gasteiger partial charge in [0.2, 0.25) is 0 Å². The summed E-state index contributed by atoms with van der Waals surface area (Å²) in [6.07, 6.45) is 0. The van der Waals surface area contributed by atoms with Crippen LogP contribution in [0.15, 0.2) is 7.66 Å². The summed E-state index contributed by atoms with van der Waals surface area (Å²) in [5, 5.41) is 8.10. The molecule has 0 aliphatic heterocycles. The highest BCUT2D eigenvalue weighted by atomic mass is 127. The van der Waals surface area contributed by atoms with E-state index in [0.29, 0.717) is 3.58 Å². The van der Waals surface area contributed by atoms with Gasteiger partial charge in [-0.1, -0.05) is 22.6 Å². The molecular formula is C3H2I2O2. The maximum absolute atomic E-state index is 9.85. The van der Waals surface area contributed by atoms with Gasteiger partial charge in [-0.2, -0.15) is 0 Å². The van der Waals surface area contributed by atoms with E-state index in [1.165, 1.54) is 4.08 Å². The Balaban J connectivity index is 3.82. The normalized spacial score (nSPS) is 11.4. The third-order valence-electron chi connectivity index (χ3n) is 0.300. The van der Waals surface area contributed by atoms with E-state index in [1.807, 2.05) is 22.6 Å². The topological polar surface area (TPSA) is 37.3 Å². The van der Waals surface area contributed by atoms with Crippen molar-refractivity contribution in [2.45, 2.75) is 0 Å². The molecule has 0 saturated carbocycles. The van der Waals surface area contributed by atoms with Gasteiger partial charge in [-0.25, -0.2) is 4.79 Å². The van der Waals surface area contributed by atoms with Gasteiger partial charge < -0.3 is 5.11 Å². The minimum absolute atomic E-state index is 0.346. The molecule has 1 N–H and O–H groups in total. The standard InChI is InChI=1S/C3H2I2O2/c4-1-2(5)3(6)7/h1H,(H,6,7)/b2-1+. The largest absolute Gasteiger partial charge is 0.477 e. The van der Waals surface area contributed by atoms with Crippen molar-refractivity contribution >= 4 is 51.2 Å². The maximum atomic E-state index is 9.85. The predicted molar refractivity (Wildman–Crippen MR) is 43.8 cm³/mol. The van der Waals surface area contributed by atoms with E-state index < -0.39 is 5.97 Å². The van der Waals surface area contributed by atoms with E-state index in [-0.39, 0.29) is 0 Å². The summed E-state index contributed by atoms with van der Waals surface area (Å²) >= 11 is 3.63. The summed E-state index contributed by atoms with van der Waals surface area (Å²) in [6, 6.07) is 0. The minimum Gasteiger partial charge on any atom is -0.477 e. The van der Waals surface area contributed by atoms with Crippen molar-refractivity contribution in [1.82, 2.24) is 0 Å². The number of hydrogen-bond donors (Lipinski definition) is 1. The van der Waals surface area contributed by atoms with Gasteiger partial charge in [0.05, 0.1) is 0 Å². The molecule has 0 bridgehead atoms. The summed E-state index contributed by atoms with van der Waals surface area (Å²) < 4.78 is 1.86. The highest BCUT2D eigenvalue weighted by molar-refractivity contribution is 14.1. The molecule has 0 aliphatic carbocycles. The number of carboxylic acid groups (broad SMARTS) is 1. The smallest absolute Gasteiger partial charge is 0.342 e. The fraction of sp³-hybridized carbons (Fsp3) is 0. The lowest BCUT2D eigenvalue weighted by Gasteiger charge is -1.80. The van der Waals surface area contributed by atoms with E-state index in [0.717, 1.165) is 0 Å². The number of hydrogen-bond acceptors (Lipinski definition) is 1. The average Bonchev–Trinajstić information content (AvgIpc) is 1.65. The Morgan fingerprint density at radius 1 is 1.71 bits per heavy atom. The Morgan fingerprint density at radius 2 is 2.14 bits per heavy atom. The van der Waals surface area contributed by atoms with Crippen LogP contribution in [0.5, 0.6) is 0 Å². The molecule has 0 aromatic carbocycles. The molecule has 4 heteroatoms. The van der Waals surface area contributed by atoms with Crippen molar-refractivity contribution in [1.29, 1.82) is 0 Å². The van der Waals surface area contributed by atoms with Crippen molar-refractivity contribution < 1.29 is 9.90 Å². The second-order valence-electron chi connectivity index (χ2n) is 0.762. The van der Waals surface area contributed by atoms with Crippen molar-refractivity contribution in [3.05, 3.63) is 7.66 Å². The SMILES string of the molecule is O=C(O)/C(I)=C\I. The minimum atomic E-state index is -0.866. The van der Waals surface area contributed by atoms with Crippen molar-refractivity contribution in [2.75, 3.05) is 0 Å². The lowest BCUT2D eigenvalue weighted by molar-refractivity contribution is -0.131. The number of aliphatic carboxylic acids is 1. The van der Waals surface area contributed by atoms with E-state index in [9.17, 15) is 4.79 Å². The highest BCUT2D eigenvalue weighted by Crippen LogP contribution is 2.07. The van der Waals surface area contributed by atoms with E-state index in [2.05, 4.69) is 0 Å². The van der Waals surface area contributed by atoms with Crippen LogP contribution in [0.3, 0.4) is 0 Å². The Bertz CT molecular complexity index is 108. The van der Waals surface area contributed by atoms with Crippen LogP contribution in [-0.2, 0) is 4.79 Å². The zero-order valence-electron chi connectivity index (χ0n) is 3.19. The lowest BCUT2D eigenvalue weighted by Crippen LogP contribution is -1.90. The molecule has 0 saturated heterocycles. The second-order valence-corrected chi connectivity index (χ2v) is 2.55. The molecule has 0 aliphatic rings. The Labute approximate surface area is 68.3 Å². The Hall–Kier alpha value is 0.670. The van der Waals surface area contributed by atoms with Gasteiger partial charge in [0.25, 0.3) is 0 Å². The molecular weight excluding hydrogens is 322 g/mol. The molecule has 0 radical (unpaired) electrons. The molecule has 0 spiro atoms. The summed E-state index contributed by atoms with van der Waals surface area (Å²) in [7, 11) is 0. The van der Waals surface area contributed by atoms with Gasteiger partial charge in [0.1, 0.15) is 3.58 Å². The first kappa shape index (κ1) is 7.67. The Morgan fingerprint density at radius 3 is 2.14 bits per heavy atom. The van der Waals surface area contributed by atoms with Crippen LogP contribution < -0.4 is 0 Å². The van der Waals surface area contributed by atoms with Crippen LogP contribution in [0.1, 0.15) is 0 Å². The van der Waals surface area contributed by atoms with Crippen LogP contribution in [-0.4, -0.2) is 11.1 Å². The second kappa shape index (κ2) is 3.65. The van der Waals surface area contributed by atoms with Crippen LogP contribution >= 0.6 is 45.2 Å². The van der Waals surface area contributed by atoms with Crippen LogP contribution in [0, 0.1) is 0 Å². The molecule has 2 nitrogen and oxygen atoms in total. The van der Waals surface area contributed by atoms with E-state index >= 15 is 0 Å². The molecule has 0 rings (SSSR count). The number of rotatable bonds is 1. The first-order valence-electron chi connectivity index (χ1n) is 1.37. The third-order valence-corrected chi connectivity index (χ3v) is 2.89. The summed E-state index contributed by atoms with van der Waals surface area (Å²) in [4.78, 5) is 9.85. The van der Waals surface area contributed by atoms with Gasteiger partial charge in [-0.05, 0) is 26.7 Å². The average molecular weight is 324 g/mol. The van der Waals surface area contributed by atoms with Gasteiger partial charge >= 0.3 is 5.97 Å². The van der Waals surface area contributed by atoms with Gasteiger partial charge in [0, 0.05) is 0 Å². The first-order chi connectivity index (χ1) is 3.18. The summed E-state index contributed by atoms with van der Waals surface area (Å²) in [5.74, 6) is -0.866. The lowest BCUT2D eigenvalue weighted by atomic mass is 10.7. The molecule has 0 aromatic rings. The molecule has 0 amide bonds. The zero-order chi connectivity index (χ0) is 5.86. The molecule has 0 fully saturated rings. The fourth-order valence-electron chi connectivity index (χ4n) is 0.0467. The van der Waals surface area contributed by atoms with Crippen LogP contribution in [0.25, 0.3) is 0 Å². The number of carboxylic acids is 1. The molecule has 0 aromatic heterocycles. The number of carbonyl (C=O) groups is 1. The summed E-state index contributed by atoms with van der Waals surface area (Å²) in [5.41, 5.74) is 0. The highest BCUT2D eigenvalue weighted by Gasteiger charge is 1.96. The first-order valence-corrected chi connectivity index (χ1v) is 3.70. The van der Waals surface area contributed by atoms with Crippen LogP contribution in [0.4, 0.5) is 0 Å². The van der Waals surface area contributed by atoms with Crippen molar-refractivity contribution in [2.24, 2.45) is 0 Å². The monoisotopic (exact) mass is 324 g/mol. The van der Waals surface area contributed by atoms with E-state index in [4.69, 9.17) is 5.11 Å². The van der Waals surface area contributed by atoms with Crippen molar-refractivity contribution in [3.63, 3.8) is 0 Å². The maximum Gasteiger partial charge on any atom is 0.342 e. The quantitative estimate of drug-likeness (QED) is 0.590. The molecule has 0 unspecified atom stereocenters. The molecule has 7 heavy (non-hydrogen) atoms. The fourth-order valence-corrected chi connectivity index (χ4v) is 0.313. The predicted octanol–water partition coefficient (Wildman–Crippen LogP) is 1.78. The number of halogens is 2. The summed E-state index contributed by atoms with van der Waals surface area (Å²) in [6.45, 7) is 0. The van der Waals surface area contributed by atoms with Crippen LogP contribution in [0.2, 0.25) is 0 Å². The van der Waals surface area contributed by atoms with Gasteiger partial charge in [0.15, 0.2) is 0 Å². The third kappa shape index (κ3) is 3.27. The molecule has 0 atom stereocenters. The molecule has 40 valence electrons. The van der Waals surface area contributed by atoms with Gasteiger partial charge in [-0.3, -0.25) is 0 Å². The Kier molecular flexibility index (Phi) is 3.99. The zero-order valence-corrected chi connectivity index (χ0v) is 7.50.